The number of alkyl halides is 3. The number of amides is 2. The Labute approximate surface area is 166 Å². The van der Waals surface area contributed by atoms with E-state index in [1.807, 2.05) is 36.5 Å². The predicted octanol–water partition coefficient (Wildman–Crippen LogP) is 3.05. The predicted molar refractivity (Wildman–Crippen MR) is 104 cm³/mol. The first kappa shape index (κ1) is 22.5. The number of rotatable bonds is 9. The Balaban J connectivity index is 1.77. The summed E-state index contributed by atoms with van der Waals surface area (Å²) < 4.78 is 41.9. The van der Waals surface area contributed by atoms with Crippen LogP contribution in [0.3, 0.4) is 0 Å². The van der Waals surface area contributed by atoms with Crippen molar-refractivity contribution in [1.29, 1.82) is 0 Å². The van der Waals surface area contributed by atoms with E-state index in [4.69, 9.17) is 9.84 Å². The van der Waals surface area contributed by atoms with Gasteiger partial charge in [0.05, 0.1) is 24.9 Å². The van der Waals surface area contributed by atoms with Gasteiger partial charge in [-0.3, -0.25) is 4.98 Å². The monoisotopic (exact) mass is 414 g/mol. The molecule has 2 atom stereocenters. The van der Waals surface area contributed by atoms with Crippen molar-refractivity contribution in [1.82, 2.24) is 15.6 Å². The molecule has 0 radical (unpaired) electrons. The van der Waals surface area contributed by atoms with E-state index < -0.39 is 24.9 Å². The smallest absolute Gasteiger partial charge is 0.416 e. The number of nitrogens with zero attached hydrogens (tertiary/aromatic N) is 1. The molecule has 0 fully saturated rings. The number of anilines is 1. The Morgan fingerprint density at radius 2 is 2.07 bits per heavy atom. The van der Waals surface area contributed by atoms with Gasteiger partial charge in [-0.1, -0.05) is 6.07 Å². The summed E-state index contributed by atoms with van der Waals surface area (Å²) in [6.45, 7) is 1.38. The number of benzene rings is 1. The van der Waals surface area contributed by atoms with Crippen LogP contribution in [0.25, 0.3) is 10.9 Å². The van der Waals surface area contributed by atoms with Crippen LogP contribution in [0.2, 0.25) is 0 Å². The molecule has 0 aliphatic rings. The zero-order valence-corrected chi connectivity index (χ0v) is 16.2. The maximum absolute atomic E-state index is 12.2. The summed E-state index contributed by atoms with van der Waals surface area (Å²) in [7, 11) is 1.59. The number of carbonyl (C=O) groups excluding carboxylic acids is 1. The number of methoxy groups -OCH3 is 1. The molecule has 29 heavy (non-hydrogen) atoms. The molecule has 1 aromatic carbocycles. The van der Waals surface area contributed by atoms with E-state index in [0.717, 1.165) is 16.6 Å². The molecule has 160 valence electrons. The Hall–Kier alpha value is -2.75. The van der Waals surface area contributed by atoms with E-state index in [1.54, 1.807) is 13.3 Å². The molecular formula is C19H25F3N4O3. The van der Waals surface area contributed by atoms with Crippen molar-refractivity contribution < 1.29 is 27.8 Å². The largest absolute Gasteiger partial charge is 0.497 e. The number of aromatic nitrogens is 1. The third-order valence-electron chi connectivity index (χ3n) is 4.25. The van der Waals surface area contributed by atoms with Gasteiger partial charge in [-0.25, -0.2) is 4.79 Å². The number of aliphatic hydroxyl groups is 1. The molecule has 2 rings (SSSR count). The van der Waals surface area contributed by atoms with Gasteiger partial charge in [-0.15, -0.1) is 0 Å². The van der Waals surface area contributed by atoms with Crippen LogP contribution >= 0.6 is 0 Å². The molecule has 0 aliphatic heterocycles. The number of hydrogen-bond donors (Lipinski definition) is 4. The fraction of sp³-hybridized carbons (Fsp3) is 0.474. The molecule has 7 nitrogen and oxygen atoms in total. The van der Waals surface area contributed by atoms with E-state index >= 15 is 0 Å². The summed E-state index contributed by atoms with van der Waals surface area (Å²) in [5, 5.41) is 17.6. The fourth-order valence-electron chi connectivity index (χ4n) is 2.71. The molecule has 0 spiro atoms. The summed E-state index contributed by atoms with van der Waals surface area (Å²) in [6, 6.07) is 6.86. The molecule has 0 saturated carbocycles. The molecule has 1 aromatic heterocycles. The molecule has 0 aliphatic carbocycles. The van der Waals surface area contributed by atoms with Crippen molar-refractivity contribution in [2.75, 3.05) is 25.5 Å². The van der Waals surface area contributed by atoms with Gasteiger partial charge in [0.15, 0.2) is 6.10 Å². The summed E-state index contributed by atoms with van der Waals surface area (Å²) in [4.78, 5) is 15.9. The summed E-state index contributed by atoms with van der Waals surface area (Å²) in [5.41, 5.74) is 1.65. The maximum atomic E-state index is 12.2. The topological polar surface area (TPSA) is 95.5 Å². The fourth-order valence-corrected chi connectivity index (χ4v) is 2.71. The lowest BCUT2D eigenvalue weighted by Gasteiger charge is -2.18. The Kier molecular flexibility index (Phi) is 7.89. The number of fused-ring (bicyclic) bond motifs is 1. The first-order valence-corrected chi connectivity index (χ1v) is 9.16. The van der Waals surface area contributed by atoms with Gasteiger partial charge in [0, 0.05) is 30.2 Å². The third-order valence-corrected chi connectivity index (χ3v) is 4.25. The van der Waals surface area contributed by atoms with Crippen LogP contribution in [0.15, 0.2) is 30.5 Å². The minimum atomic E-state index is -4.76. The lowest BCUT2D eigenvalue weighted by atomic mass is 10.1. The molecule has 2 aromatic rings. The van der Waals surface area contributed by atoms with Crippen LogP contribution in [-0.4, -0.2) is 54.6 Å². The average molecular weight is 414 g/mol. The van der Waals surface area contributed by atoms with Crippen LogP contribution < -0.4 is 20.7 Å². The van der Waals surface area contributed by atoms with Crippen LogP contribution in [0.5, 0.6) is 5.75 Å². The number of urea groups is 1. The highest BCUT2D eigenvalue weighted by atomic mass is 19.4. The summed E-state index contributed by atoms with van der Waals surface area (Å²) in [5.74, 6) is 0.708. The molecule has 0 bridgehead atoms. The van der Waals surface area contributed by atoms with Crippen molar-refractivity contribution in [3.63, 3.8) is 0 Å². The number of hydrogen-bond acceptors (Lipinski definition) is 5. The molecular weight excluding hydrogens is 389 g/mol. The van der Waals surface area contributed by atoms with Crippen molar-refractivity contribution in [2.45, 2.75) is 38.1 Å². The highest BCUT2D eigenvalue weighted by molar-refractivity contribution is 5.91. The third kappa shape index (κ3) is 6.97. The summed E-state index contributed by atoms with van der Waals surface area (Å²) >= 11 is 0. The minimum Gasteiger partial charge on any atom is -0.497 e. The second-order valence-corrected chi connectivity index (χ2v) is 6.63. The number of carbonyl (C=O) groups is 1. The number of pyridine rings is 1. The van der Waals surface area contributed by atoms with Gasteiger partial charge >= 0.3 is 12.2 Å². The molecule has 10 heteroatoms. The number of ether oxygens (including phenoxy) is 1. The molecule has 2 unspecified atom stereocenters. The zero-order chi connectivity index (χ0) is 21.4. The Morgan fingerprint density at radius 3 is 2.76 bits per heavy atom. The quantitative estimate of drug-likeness (QED) is 0.473. The summed E-state index contributed by atoms with van der Waals surface area (Å²) in [6.07, 6.45) is -4.31. The van der Waals surface area contributed by atoms with Crippen LogP contribution in [-0.2, 0) is 0 Å². The van der Waals surface area contributed by atoms with Crippen LogP contribution in [0.4, 0.5) is 23.7 Å². The lowest BCUT2D eigenvalue weighted by Crippen LogP contribution is -2.44. The average Bonchev–Trinajstić information content (AvgIpc) is 2.68. The van der Waals surface area contributed by atoms with Crippen LogP contribution in [0.1, 0.15) is 19.8 Å². The highest BCUT2D eigenvalue weighted by Gasteiger charge is 2.38. The van der Waals surface area contributed by atoms with E-state index in [9.17, 15) is 18.0 Å². The van der Waals surface area contributed by atoms with E-state index in [1.165, 1.54) is 0 Å². The highest BCUT2D eigenvalue weighted by Crippen LogP contribution is 2.28. The standard InChI is InChI=1S/C19H25F3N4O3/c1-12(5-3-8-24-18(28)25-11-16(27)19(20,21)22)26-15-10-14(29-2)9-13-6-4-7-23-17(13)15/h4,6-7,9-10,12,16,26-27H,3,5,8,11H2,1-2H3,(H2,24,25,28). The maximum Gasteiger partial charge on any atom is 0.416 e. The van der Waals surface area contributed by atoms with Gasteiger partial charge < -0.3 is 25.8 Å². The first-order chi connectivity index (χ1) is 13.7. The molecule has 0 saturated heterocycles. The number of aliphatic hydroxyl groups excluding tert-OH is 1. The molecule has 2 amide bonds. The first-order valence-electron chi connectivity index (χ1n) is 9.16. The van der Waals surface area contributed by atoms with Crippen molar-refractivity contribution in [3.8, 4) is 5.75 Å². The molecule has 1 heterocycles. The lowest BCUT2D eigenvalue weighted by molar-refractivity contribution is -0.201. The second kappa shape index (κ2) is 10.1. The van der Waals surface area contributed by atoms with Crippen molar-refractivity contribution in [2.24, 2.45) is 0 Å². The second-order valence-electron chi connectivity index (χ2n) is 6.63. The van der Waals surface area contributed by atoms with Crippen molar-refractivity contribution in [3.05, 3.63) is 30.5 Å². The minimum absolute atomic E-state index is 0.0595. The van der Waals surface area contributed by atoms with Gasteiger partial charge in [0.2, 0.25) is 0 Å². The Bertz CT molecular complexity index is 817. The van der Waals surface area contributed by atoms with E-state index in [-0.39, 0.29) is 12.6 Å². The van der Waals surface area contributed by atoms with Crippen LogP contribution in [0, 0.1) is 0 Å². The normalized spacial score (nSPS) is 13.6. The van der Waals surface area contributed by atoms with Gasteiger partial charge in [-0.05, 0) is 31.9 Å². The van der Waals surface area contributed by atoms with E-state index in [2.05, 4.69) is 15.6 Å². The number of nitrogens with one attached hydrogen (secondary N) is 3. The van der Waals surface area contributed by atoms with E-state index in [0.29, 0.717) is 18.6 Å². The number of halogens is 3. The SMILES string of the molecule is COc1cc(NC(C)CCCNC(=O)NCC(O)C(F)(F)F)c2ncccc2c1. The van der Waals surface area contributed by atoms with Gasteiger partial charge in [0.25, 0.3) is 0 Å². The zero-order valence-electron chi connectivity index (χ0n) is 16.2. The van der Waals surface area contributed by atoms with Gasteiger partial charge in [-0.2, -0.15) is 13.2 Å². The van der Waals surface area contributed by atoms with Gasteiger partial charge in [0.1, 0.15) is 5.75 Å². The Morgan fingerprint density at radius 1 is 1.31 bits per heavy atom. The van der Waals surface area contributed by atoms with Crippen molar-refractivity contribution >= 4 is 22.6 Å². The molecule has 4 N–H and O–H groups in total.